The van der Waals surface area contributed by atoms with Crippen LogP contribution in [0.5, 0.6) is 0 Å². The lowest BCUT2D eigenvalue weighted by atomic mass is 10.1. The maximum absolute atomic E-state index is 13.2. The summed E-state index contributed by atoms with van der Waals surface area (Å²) in [6.45, 7) is 3.69. The number of allylic oxidation sites excluding steroid dienone is 2. The standard InChI is InChI=1S/C25H19Cl2NO4/c1-14-4-7-17(8-5-14)28-15(2)23(25(30)31-3)24(29)21(28)13-18-9-11-22(32-18)16-6-10-19(26)20(27)12-16/h4-13H,1-3H3/b21-13+. The molecule has 0 fully saturated rings. The number of carbonyl (C=O) groups excluding carboxylic acids is 2. The number of benzene rings is 2. The monoisotopic (exact) mass is 467 g/mol. The van der Waals surface area contributed by atoms with Crippen LogP contribution in [0.25, 0.3) is 17.4 Å². The van der Waals surface area contributed by atoms with Gasteiger partial charge in [-0.1, -0.05) is 40.9 Å². The molecular formula is C25H19Cl2NO4. The van der Waals surface area contributed by atoms with Crippen LogP contribution in [0, 0.1) is 6.92 Å². The van der Waals surface area contributed by atoms with E-state index in [0.717, 1.165) is 16.8 Å². The molecule has 0 N–H and O–H groups in total. The number of Topliss-reactive ketones (excluding diaryl/α,β-unsaturated/α-hetero) is 1. The minimum absolute atomic E-state index is 0.00409. The lowest BCUT2D eigenvalue weighted by Crippen LogP contribution is -2.18. The Morgan fingerprint density at radius 2 is 1.72 bits per heavy atom. The number of ether oxygens (including phenoxy) is 1. The highest BCUT2D eigenvalue weighted by atomic mass is 35.5. The number of nitrogens with zero attached hydrogens (tertiary/aromatic N) is 1. The van der Waals surface area contributed by atoms with Crippen LogP contribution in [0.3, 0.4) is 0 Å². The summed E-state index contributed by atoms with van der Waals surface area (Å²) in [4.78, 5) is 27.2. The molecule has 162 valence electrons. The summed E-state index contributed by atoms with van der Waals surface area (Å²) < 4.78 is 10.8. The Morgan fingerprint density at radius 1 is 1.00 bits per heavy atom. The van der Waals surface area contributed by atoms with Gasteiger partial charge in [0.15, 0.2) is 0 Å². The minimum Gasteiger partial charge on any atom is -0.465 e. The van der Waals surface area contributed by atoms with E-state index in [9.17, 15) is 9.59 Å². The zero-order valence-electron chi connectivity index (χ0n) is 17.6. The number of rotatable bonds is 4. The van der Waals surface area contributed by atoms with Crippen LogP contribution < -0.4 is 4.90 Å². The van der Waals surface area contributed by atoms with E-state index in [4.69, 9.17) is 32.4 Å². The molecule has 5 nitrogen and oxygen atoms in total. The highest BCUT2D eigenvalue weighted by molar-refractivity contribution is 6.42. The minimum atomic E-state index is -0.677. The third kappa shape index (κ3) is 3.97. The van der Waals surface area contributed by atoms with Crippen molar-refractivity contribution in [2.75, 3.05) is 12.0 Å². The quantitative estimate of drug-likeness (QED) is 0.251. The van der Waals surface area contributed by atoms with Crippen molar-refractivity contribution in [3.8, 4) is 11.3 Å². The third-order valence-electron chi connectivity index (χ3n) is 5.19. The maximum Gasteiger partial charge on any atom is 0.343 e. The topological polar surface area (TPSA) is 59.8 Å². The van der Waals surface area contributed by atoms with Gasteiger partial charge in [-0.25, -0.2) is 4.79 Å². The van der Waals surface area contributed by atoms with Crippen LogP contribution in [0.4, 0.5) is 5.69 Å². The predicted molar refractivity (Wildman–Crippen MR) is 126 cm³/mol. The largest absolute Gasteiger partial charge is 0.465 e. The van der Waals surface area contributed by atoms with Gasteiger partial charge in [0.25, 0.3) is 0 Å². The summed E-state index contributed by atoms with van der Waals surface area (Å²) >= 11 is 12.1. The molecule has 1 aromatic heterocycles. The summed E-state index contributed by atoms with van der Waals surface area (Å²) in [6, 6.07) is 16.4. The molecule has 7 heteroatoms. The van der Waals surface area contributed by atoms with Gasteiger partial charge >= 0.3 is 5.97 Å². The molecule has 2 heterocycles. The zero-order chi connectivity index (χ0) is 23.0. The van der Waals surface area contributed by atoms with Gasteiger partial charge in [-0.05, 0) is 56.3 Å². The first kappa shape index (κ1) is 21.9. The molecule has 1 aliphatic heterocycles. The SMILES string of the molecule is COC(=O)C1=C(C)N(c2ccc(C)cc2)/C(=C/c2ccc(-c3ccc(Cl)c(Cl)c3)o2)C1=O. The van der Waals surface area contributed by atoms with Crippen LogP contribution in [0.2, 0.25) is 10.0 Å². The van der Waals surface area contributed by atoms with Crippen molar-refractivity contribution in [3.63, 3.8) is 0 Å². The molecule has 3 aromatic rings. The molecule has 32 heavy (non-hydrogen) atoms. The maximum atomic E-state index is 13.2. The number of carbonyl (C=O) groups is 2. The van der Waals surface area contributed by atoms with Crippen molar-refractivity contribution in [2.24, 2.45) is 0 Å². The molecule has 4 rings (SSSR count). The smallest absolute Gasteiger partial charge is 0.343 e. The average Bonchev–Trinajstić information content (AvgIpc) is 3.33. The molecule has 0 atom stereocenters. The van der Waals surface area contributed by atoms with Gasteiger partial charge in [0, 0.05) is 23.0 Å². The Balaban J connectivity index is 1.77. The van der Waals surface area contributed by atoms with E-state index in [1.807, 2.05) is 31.2 Å². The summed E-state index contributed by atoms with van der Waals surface area (Å²) in [6.07, 6.45) is 1.61. The fourth-order valence-corrected chi connectivity index (χ4v) is 3.85. The van der Waals surface area contributed by atoms with Crippen LogP contribution in [-0.4, -0.2) is 18.9 Å². The molecule has 0 aliphatic carbocycles. The number of hydrogen-bond donors (Lipinski definition) is 0. The van der Waals surface area contributed by atoms with Crippen molar-refractivity contribution in [1.82, 2.24) is 0 Å². The van der Waals surface area contributed by atoms with E-state index >= 15 is 0 Å². The van der Waals surface area contributed by atoms with Gasteiger partial charge < -0.3 is 14.1 Å². The first-order valence-corrected chi connectivity index (χ1v) is 10.5. The fraction of sp³-hybridized carbons (Fsp3) is 0.120. The number of hydrogen-bond acceptors (Lipinski definition) is 5. The van der Waals surface area contributed by atoms with Crippen molar-refractivity contribution in [3.05, 3.63) is 92.9 Å². The summed E-state index contributed by atoms with van der Waals surface area (Å²) in [5.41, 5.74) is 3.37. The van der Waals surface area contributed by atoms with E-state index in [-0.39, 0.29) is 5.57 Å². The number of ketones is 1. The summed E-state index contributed by atoms with van der Waals surface area (Å²) in [7, 11) is 1.25. The number of furan rings is 1. The van der Waals surface area contributed by atoms with Crippen LogP contribution in [0.1, 0.15) is 18.2 Å². The fourth-order valence-electron chi connectivity index (χ4n) is 3.56. The third-order valence-corrected chi connectivity index (χ3v) is 5.93. The van der Waals surface area contributed by atoms with Crippen LogP contribution in [-0.2, 0) is 14.3 Å². The first-order chi connectivity index (χ1) is 15.3. The Kier molecular flexibility index (Phi) is 5.96. The summed E-state index contributed by atoms with van der Waals surface area (Å²) in [5, 5.41) is 0.867. The number of aryl methyl sites for hydroxylation is 1. The number of anilines is 1. The zero-order valence-corrected chi connectivity index (χ0v) is 19.1. The Labute approximate surface area is 195 Å². The van der Waals surface area contributed by atoms with Gasteiger partial charge in [0.05, 0.1) is 22.9 Å². The normalized spacial score (nSPS) is 15.1. The molecule has 0 bridgehead atoms. The molecule has 2 aromatic carbocycles. The van der Waals surface area contributed by atoms with Gasteiger partial charge in [-0.15, -0.1) is 0 Å². The Morgan fingerprint density at radius 3 is 2.38 bits per heavy atom. The van der Waals surface area contributed by atoms with Crippen molar-refractivity contribution in [1.29, 1.82) is 0 Å². The second-order valence-corrected chi connectivity index (χ2v) is 8.13. The second-order valence-electron chi connectivity index (χ2n) is 7.31. The number of methoxy groups -OCH3 is 1. The first-order valence-electron chi connectivity index (χ1n) is 9.78. The highest BCUT2D eigenvalue weighted by Gasteiger charge is 2.38. The molecule has 0 spiro atoms. The lowest BCUT2D eigenvalue weighted by Gasteiger charge is -2.21. The lowest BCUT2D eigenvalue weighted by molar-refractivity contribution is -0.137. The van der Waals surface area contributed by atoms with E-state index in [1.165, 1.54) is 7.11 Å². The van der Waals surface area contributed by atoms with Crippen molar-refractivity contribution >= 4 is 46.7 Å². The average molecular weight is 468 g/mol. The molecule has 0 saturated carbocycles. The molecule has 0 amide bonds. The Bertz CT molecular complexity index is 1290. The van der Waals surface area contributed by atoms with Crippen molar-refractivity contribution in [2.45, 2.75) is 13.8 Å². The molecule has 0 unspecified atom stereocenters. The van der Waals surface area contributed by atoms with E-state index in [2.05, 4.69) is 0 Å². The van der Waals surface area contributed by atoms with E-state index in [1.54, 1.807) is 48.2 Å². The van der Waals surface area contributed by atoms with Gasteiger partial charge in [0.2, 0.25) is 5.78 Å². The van der Waals surface area contributed by atoms with Crippen LogP contribution >= 0.6 is 23.2 Å². The predicted octanol–water partition coefficient (Wildman–Crippen LogP) is 6.44. The van der Waals surface area contributed by atoms with Gasteiger partial charge in [-0.3, -0.25) is 4.79 Å². The van der Waals surface area contributed by atoms with Gasteiger partial charge in [0.1, 0.15) is 17.1 Å². The van der Waals surface area contributed by atoms with E-state index in [0.29, 0.717) is 33.0 Å². The number of esters is 1. The molecule has 0 radical (unpaired) electrons. The molecule has 0 saturated heterocycles. The highest BCUT2D eigenvalue weighted by Crippen LogP contribution is 2.36. The van der Waals surface area contributed by atoms with Gasteiger partial charge in [-0.2, -0.15) is 0 Å². The summed E-state index contributed by atoms with van der Waals surface area (Å²) in [5.74, 6) is -0.0857. The second kappa shape index (κ2) is 8.69. The van der Waals surface area contributed by atoms with Crippen molar-refractivity contribution < 1.29 is 18.7 Å². The Hall–Kier alpha value is -3.28. The molecule has 1 aliphatic rings. The molecular weight excluding hydrogens is 449 g/mol. The van der Waals surface area contributed by atoms with Crippen LogP contribution in [0.15, 0.2) is 76.0 Å². The number of halogens is 2. The van der Waals surface area contributed by atoms with E-state index < -0.39 is 11.8 Å².